The summed E-state index contributed by atoms with van der Waals surface area (Å²) in [6.45, 7) is 8.99. The van der Waals surface area contributed by atoms with E-state index in [-0.39, 0.29) is 17.0 Å². The topological polar surface area (TPSA) is 46.6 Å². The highest BCUT2D eigenvalue weighted by Gasteiger charge is 2.12. The third kappa shape index (κ3) is 5.52. The molecule has 1 rings (SSSR count). The number of nitrogens with zero attached hydrogens (tertiary/aromatic N) is 1. The number of hydrogen-bond acceptors (Lipinski definition) is 3. The fourth-order valence-corrected chi connectivity index (χ4v) is 2.11. The van der Waals surface area contributed by atoms with Gasteiger partial charge in [-0.25, -0.2) is 17.2 Å². The summed E-state index contributed by atoms with van der Waals surface area (Å²) in [6.07, 6.45) is -0.0272. The van der Waals surface area contributed by atoms with Gasteiger partial charge in [0.1, 0.15) is 11.5 Å². The molecule has 126 valence electrons. The van der Waals surface area contributed by atoms with Crippen molar-refractivity contribution >= 4 is 15.8 Å². The summed E-state index contributed by atoms with van der Waals surface area (Å²) in [5, 5.41) is 0. The number of ether oxygens (including phenoxy) is 1. The van der Waals surface area contributed by atoms with Crippen LogP contribution in [0.4, 0.5) is 8.78 Å². The normalized spacial score (nSPS) is 12.2. The van der Waals surface area contributed by atoms with Crippen molar-refractivity contribution in [1.82, 2.24) is 4.31 Å². The molecule has 0 saturated carbocycles. The van der Waals surface area contributed by atoms with E-state index in [1.807, 2.05) is 0 Å². The number of sulfonamides is 1. The predicted octanol–water partition coefficient (Wildman–Crippen LogP) is 3.92. The lowest BCUT2D eigenvalue weighted by atomic mass is 10.1. The number of likely N-dealkylation sites (N-methyl/N-ethyl adjacent to an activating group) is 1. The molecule has 1 aromatic rings. The third-order valence-corrected chi connectivity index (χ3v) is 4.27. The maximum Gasteiger partial charge on any atom is 0.263 e. The first-order chi connectivity index (χ1) is 10.5. The largest absolute Gasteiger partial charge is 0.462 e. The standard InChI is InChI=1S/C16H19F2NO3S/c1-11(19(4)23(5,20)21)10-12(2)22-13(3)14-6-8-15(9-7-14)16(17)18/h6-10,16H,1,3H2,2,4-5H3/b12-10+. The summed E-state index contributed by atoms with van der Waals surface area (Å²) >= 11 is 0. The van der Waals surface area contributed by atoms with Gasteiger partial charge in [-0.05, 0) is 13.0 Å². The monoisotopic (exact) mass is 343 g/mol. The van der Waals surface area contributed by atoms with Crippen molar-refractivity contribution in [2.45, 2.75) is 13.3 Å². The summed E-state index contributed by atoms with van der Waals surface area (Å²) < 4.78 is 54.3. The Balaban J connectivity index is 2.80. The van der Waals surface area contributed by atoms with E-state index in [9.17, 15) is 17.2 Å². The number of rotatable bonds is 7. The molecule has 23 heavy (non-hydrogen) atoms. The van der Waals surface area contributed by atoms with Crippen LogP contribution in [0.15, 0.2) is 55.0 Å². The van der Waals surface area contributed by atoms with Crippen LogP contribution in [0.3, 0.4) is 0 Å². The van der Waals surface area contributed by atoms with Crippen molar-refractivity contribution in [2.24, 2.45) is 0 Å². The van der Waals surface area contributed by atoms with E-state index in [2.05, 4.69) is 13.2 Å². The Labute approximate surface area is 135 Å². The van der Waals surface area contributed by atoms with E-state index in [0.29, 0.717) is 11.3 Å². The van der Waals surface area contributed by atoms with Gasteiger partial charge in [0.25, 0.3) is 6.43 Å². The van der Waals surface area contributed by atoms with E-state index in [4.69, 9.17) is 4.74 Å². The van der Waals surface area contributed by atoms with Crippen LogP contribution in [0, 0.1) is 0 Å². The molecule has 0 aliphatic carbocycles. The summed E-state index contributed by atoms with van der Waals surface area (Å²) in [5.41, 5.74) is 0.687. The second kappa shape index (κ2) is 7.41. The van der Waals surface area contributed by atoms with Crippen LogP contribution in [-0.4, -0.2) is 26.0 Å². The lowest BCUT2D eigenvalue weighted by Gasteiger charge is -2.17. The molecule has 0 aliphatic rings. The molecule has 0 aromatic heterocycles. The van der Waals surface area contributed by atoms with Crippen molar-refractivity contribution in [3.63, 3.8) is 0 Å². The van der Waals surface area contributed by atoms with Gasteiger partial charge in [0.15, 0.2) is 0 Å². The maximum atomic E-state index is 12.5. The van der Waals surface area contributed by atoms with Gasteiger partial charge in [0, 0.05) is 23.9 Å². The van der Waals surface area contributed by atoms with Gasteiger partial charge in [-0.2, -0.15) is 0 Å². The van der Waals surface area contributed by atoms with Gasteiger partial charge < -0.3 is 4.74 Å². The molecule has 0 N–H and O–H groups in total. The van der Waals surface area contributed by atoms with Crippen LogP contribution < -0.4 is 0 Å². The van der Waals surface area contributed by atoms with Gasteiger partial charge in [-0.1, -0.05) is 37.4 Å². The fourth-order valence-electron chi connectivity index (χ4n) is 1.64. The molecule has 0 heterocycles. The highest BCUT2D eigenvalue weighted by molar-refractivity contribution is 7.88. The Bertz CT molecular complexity index is 722. The zero-order chi connectivity index (χ0) is 17.8. The van der Waals surface area contributed by atoms with Crippen molar-refractivity contribution in [3.8, 4) is 0 Å². The van der Waals surface area contributed by atoms with Crippen molar-refractivity contribution < 1.29 is 21.9 Å². The molecule has 0 aliphatic heterocycles. The van der Waals surface area contributed by atoms with E-state index in [0.717, 1.165) is 10.6 Å². The lowest BCUT2D eigenvalue weighted by Crippen LogP contribution is -2.23. The number of hydrogen-bond donors (Lipinski definition) is 0. The SMILES string of the molecule is C=C(O/C(C)=C/C(=C)N(C)S(C)(=O)=O)c1ccc(C(F)F)cc1. The Morgan fingerprint density at radius 3 is 2.22 bits per heavy atom. The van der Waals surface area contributed by atoms with Gasteiger partial charge in [-0.15, -0.1) is 0 Å². The minimum atomic E-state index is -3.40. The molecule has 0 atom stereocenters. The summed E-state index contributed by atoms with van der Waals surface area (Å²) in [6, 6.07) is 5.55. The predicted molar refractivity (Wildman–Crippen MR) is 87.0 cm³/mol. The summed E-state index contributed by atoms with van der Waals surface area (Å²) in [5.74, 6) is 0.628. The minimum Gasteiger partial charge on any atom is -0.462 e. The average Bonchev–Trinajstić information content (AvgIpc) is 2.45. The number of halogens is 2. The highest BCUT2D eigenvalue weighted by Crippen LogP contribution is 2.23. The minimum absolute atomic E-state index is 0.0861. The Morgan fingerprint density at radius 2 is 1.78 bits per heavy atom. The number of benzene rings is 1. The molecule has 0 amide bonds. The number of alkyl halides is 2. The maximum absolute atomic E-state index is 12.5. The smallest absolute Gasteiger partial charge is 0.263 e. The molecule has 0 saturated heterocycles. The number of allylic oxidation sites excluding steroid dienone is 2. The third-order valence-electron chi connectivity index (χ3n) is 3.04. The molecule has 4 nitrogen and oxygen atoms in total. The molecule has 1 aromatic carbocycles. The second-order valence-electron chi connectivity index (χ2n) is 4.92. The summed E-state index contributed by atoms with van der Waals surface area (Å²) in [4.78, 5) is 0. The van der Waals surface area contributed by atoms with Crippen LogP contribution in [0.2, 0.25) is 0 Å². The molecule has 0 fully saturated rings. The molecule has 0 radical (unpaired) electrons. The van der Waals surface area contributed by atoms with Crippen molar-refractivity contribution in [3.05, 3.63) is 66.1 Å². The Hall–Kier alpha value is -2.15. The molecule has 7 heteroatoms. The second-order valence-corrected chi connectivity index (χ2v) is 6.94. The van der Waals surface area contributed by atoms with Crippen LogP contribution in [0.5, 0.6) is 0 Å². The lowest BCUT2D eigenvalue weighted by molar-refractivity contribution is 0.151. The summed E-state index contributed by atoms with van der Waals surface area (Å²) in [7, 11) is -2.03. The quantitative estimate of drug-likeness (QED) is 0.557. The van der Waals surface area contributed by atoms with Crippen LogP contribution in [0.1, 0.15) is 24.5 Å². The average molecular weight is 343 g/mol. The molecular weight excluding hydrogens is 324 g/mol. The van der Waals surface area contributed by atoms with Gasteiger partial charge in [-0.3, -0.25) is 4.31 Å². The first kappa shape index (κ1) is 18.9. The van der Waals surface area contributed by atoms with Gasteiger partial charge >= 0.3 is 0 Å². The zero-order valence-electron chi connectivity index (χ0n) is 13.2. The van der Waals surface area contributed by atoms with Crippen LogP contribution in [0.25, 0.3) is 5.76 Å². The molecule has 0 bridgehead atoms. The highest BCUT2D eigenvalue weighted by atomic mass is 32.2. The van der Waals surface area contributed by atoms with Crippen LogP contribution >= 0.6 is 0 Å². The van der Waals surface area contributed by atoms with Gasteiger partial charge in [0.2, 0.25) is 10.0 Å². The Kier molecular flexibility index (Phi) is 6.09. The fraction of sp³-hybridized carbons (Fsp3) is 0.250. The molecule has 0 spiro atoms. The molecule has 0 unspecified atom stereocenters. The zero-order valence-corrected chi connectivity index (χ0v) is 14.0. The van der Waals surface area contributed by atoms with E-state index < -0.39 is 16.4 Å². The first-order valence-corrected chi connectivity index (χ1v) is 8.43. The van der Waals surface area contributed by atoms with Crippen molar-refractivity contribution in [1.29, 1.82) is 0 Å². The van der Waals surface area contributed by atoms with Gasteiger partial charge in [0.05, 0.1) is 6.26 Å². The van der Waals surface area contributed by atoms with Crippen LogP contribution in [-0.2, 0) is 14.8 Å². The van der Waals surface area contributed by atoms with E-state index >= 15 is 0 Å². The van der Waals surface area contributed by atoms with Crippen molar-refractivity contribution in [2.75, 3.05) is 13.3 Å². The van der Waals surface area contributed by atoms with E-state index in [1.54, 1.807) is 6.92 Å². The van der Waals surface area contributed by atoms with E-state index in [1.165, 1.54) is 37.4 Å². The first-order valence-electron chi connectivity index (χ1n) is 6.58. The Morgan fingerprint density at radius 1 is 1.26 bits per heavy atom. The molecular formula is C16H19F2NO3S.